The third-order valence-electron chi connectivity index (χ3n) is 7.88. The van der Waals surface area contributed by atoms with Crippen molar-refractivity contribution in [2.45, 2.75) is 57.2 Å². The minimum absolute atomic E-state index is 0.241. The maximum absolute atomic E-state index is 11.7. The number of carbonyl (C=O) groups excluding carboxylic acids is 1. The van der Waals surface area contributed by atoms with E-state index in [1.54, 1.807) is 0 Å². The third-order valence-corrected chi connectivity index (χ3v) is 7.88. The van der Waals surface area contributed by atoms with Gasteiger partial charge < -0.3 is 9.72 Å². The van der Waals surface area contributed by atoms with Crippen molar-refractivity contribution in [2.24, 2.45) is 5.92 Å². The number of hydrogen-bond acceptors (Lipinski definition) is 3. The molecule has 4 aliphatic rings. The summed E-state index contributed by atoms with van der Waals surface area (Å²) < 4.78 is 5.00. The van der Waals surface area contributed by atoms with Gasteiger partial charge in [-0.3, -0.25) is 4.90 Å². The van der Waals surface area contributed by atoms with Crippen molar-refractivity contribution < 1.29 is 9.53 Å². The first kappa shape index (κ1) is 19.8. The van der Waals surface area contributed by atoms with Crippen LogP contribution in [0.5, 0.6) is 0 Å². The highest BCUT2D eigenvalue weighted by Crippen LogP contribution is 2.64. The third kappa shape index (κ3) is 2.96. The molecule has 2 aromatic carbocycles. The number of para-hydroxylation sites is 1. The Morgan fingerprint density at radius 3 is 2.59 bits per heavy atom. The number of rotatable bonds is 5. The second kappa shape index (κ2) is 7.35. The maximum atomic E-state index is 11.7. The summed E-state index contributed by atoms with van der Waals surface area (Å²) in [6.07, 6.45) is 8.49. The number of nitrogens with one attached hydrogen (secondary N) is 1. The molecule has 164 valence electrons. The van der Waals surface area contributed by atoms with Crippen LogP contribution >= 0.6 is 0 Å². The largest absolute Gasteiger partial charge is 0.463 e. The van der Waals surface area contributed by atoms with E-state index in [4.69, 9.17) is 4.74 Å². The number of H-pyrrole nitrogens is 1. The van der Waals surface area contributed by atoms with Crippen LogP contribution in [0.15, 0.2) is 54.6 Å². The molecule has 2 unspecified atom stereocenters. The Morgan fingerprint density at radius 1 is 1.16 bits per heavy atom. The molecular weight excluding hydrogens is 396 g/mol. The summed E-state index contributed by atoms with van der Waals surface area (Å²) in [4.78, 5) is 18.3. The molecular formula is C28H30N2O2. The average molecular weight is 427 g/mol. The molecule has 3 fully saturated rings. The summed E-state index contributed by atoms with van der Waals surface area (Å²) >= 11 is 0. The molecule has 2 atom stereocenters. The van der Waals surface area contributed by atoms with Crippen molar-refractivity contribution in [1.29, 1.82) is 0 Å². The van der Waals surface area contributed by atoms with Crippen molar-refractivity contribution in [2.75, 3.05) is 6.61 Å². The lowest BCUT2D eigenvalue weighted by atomic mass is 9.48. The number of esters is 1. The van der Waals surface area contributed by atoms with Crippen LogP contribution in [0.3, 0.4) is 0 Å². The van der Waals surface area contributed by atoms with E-state index in [1.165, 1.54) is 53.1 Å². The first-order valence-corrected chi connectivity index (χ1v) is 11.9. The number of ether oxygens (including phenoxy) is 1. The number of hydrogen-bond donors (Lipinski definition) is 1. The molecule has 0 radical (unpaired) electrons. The zero-order valence-corrected chi connectivity index (χ0v) is 18.8. The minimum atomic E-state index is -0.296. The fourth-order valence-electron chi connectivity index (χ4n) is 6.42. The predicted octanol–water partition coefficient (Wildman–Crippen LogP) is 5.63. The molecule has 7 rings (SSSR count). The van der Waals surface area contributed by atoms with Gasteiger partial charge in [-0.15, -0.1) is 0 Å². The summed E-state index contributed by atoms with van der Waals surface area (Å²) in [6.45, 7) is 4.63. The van der Waals surface area contributed by atoms with Crippen molar-refractivity contribution in [3.8, 4) is 0 Å². The summed E-state index contributed by atoms with van der Waals surface area (Å²) in [5.74, 6) is 0.651. The quantitative estimate of drug-likeness (QED) is 0.425. The van der Waals surface area contributed by atoms with Crippen LogP contribution in [-0.4, -0.2) is 34.0 Å². The van der Waals surface area contributed by atoms with Crippen LogP contribution in [-0.2, 0) is 16.0 Å². The SMILES string of the molecule is CCOC(=O)/C=C/c1ccc(C2c3[nH]c4ccccc4c3CC(C)N2C23CC(C2)C3)cc1. The molecule has 3 aliphatic carbocycles. The molecule has 2 heterocycles. The van der Waals surface area contributed by atoms with Crippen molar-refractivity contribution in [3.05, 3.63) is 77.0 Å². The van der Waals surface area contributed by atoms with Gasteiger partial charge >= 0.3 is 5.97 Å². The molecule has 0 spiro atoms. The van der Waals surface area contributed by atoms with E-state index in [1.807, 2.05) is 13.0 Å². The molecule has 1 N–H and O–H groups in total. The van der Waals surface area contributed by atoms with Crippen molar-refractivity contribution in [3.63, 3.8) is 0 Å². The second-order valence-electron chi connectivity index (χ2n) is 9.88. The topological polar surface area (TPSA) is 45.3 Å². The lowest BCUT2D eigenvalue weighted by Gasteiger charge is -2.70. The van der Waals surface area contributed by atoms with Gasteiger partial charge in [0, 0.05) is 34.3 Å². The molecule has 4 nitrogen and oxygen atoms in total. The fraction of sp³-hybridized carbons (Fsp3) is 0.393. The predicted molar refractivity (Wildman–Crippen MR) is 127 cm³/mol. The Hall–Kier alpha value is -2.85. The van der Waals surface area contributed by atoms with E-state index in [2.05, 4.69) is 65.3 Å². The van der Waals surface area contributed by atoms with E-state index >= 15 is 0 Å². The maximum Gasteiger partial charge on any atom is 0.330 e. The second-order valence-corrected chi connectivity index (χ2v) is 9.88. The molecule has 3 aromatic rings. The van der Waals surface area contributed by atoms with Crippen LogP contribution in [0.1, 0.15) is 61.5 Å². The highest BCUT2D eigenvalue weighted by atomic mass is 16.5. The number of fused-ring (bicyclic) bond motifs is 3. The van der Waals surface area contributed by atoms with Crippen LogP contribution in [0.2, 0.25) is 0 Å². The molecule has 32 heavy (non-hydrogen) atoms. The van der Waals surface area contributed by atoms with Gasteiger partial charge in [0.25, 0.3) is 0 Å². The summed E-state index contributed by atoms with van der Waals surface area (Å²) in [6, 6.07) is 18.2. The van der Waals surface area contributed by atoms with Crippen LogP contribution < -0.4 is 0 Å². The summed E-state index contributed by atoms with van der Waals surface area (Å²) in [5.41, 5.74) is 6.80. The van der Waals surface area contributed by atoms with Gasteiger partial charge in [-0.05, 0) is 74.3 Å². The lowest BCUT2D eigenvalue weighted by Crippen LogP contribution is -2.71. The zero-order valence-electron chi connectivity index (χ0n) is 18.8. The number of nitrogens with zero attached hydrogens (tertiary/aromatic N) is 1. The number of aromatic nitrogens is 1. The molecule has 1 aliphatic heterocycles. The van der Waals surface area contributed by atoms with Crippen molar-refractivity contribution in [1.82, 2.24) is 9.88 Å². The Labute approximate surface area is 189 Å². The van der Waals surface area contributed by atoms with Crippen LogP contribution in [0, 0.1) is 5.92 Å². The lowest BCUT2D eigenvalue weighted by molar-refractivity contribution is -0.174. The highest BCUT2D eigenvalue weighted by Gasteiger charge is 2.63. The van der Waals surface area contributed by atoms with Gasteiger partial charge in [0.15, 0.2) is 0 Å². The Balaban J connectivity index is 1.40. The number of aromatic amines is 1. The van der Waals surface area contributed by atoms with E-state index in [-0.39, 0.29) is 12.0 Å². The standard InChI is InChI=1S/C28H30N2O2/c1-3-32-25(31)13-10-19-8-11-21(12-9-19)27-26-23(22-6-4-5-7-24(22)29-26)14-18(2)30(27)28-15-20(16-28)17-28/h4-13,18,20,27,29H,3,14-17H2,1-2H3/b13-10+. The zero-order chi connectivity index (χ0) is 21.9. The monoisotopic (exact) mass is 426 g/mol. The molecule has 0 amide bonds. The van der Waals surface area contributed by atoms with Gasteiger partial charge in [0.05, 0.1) is 12.6 Å². The van der Waals surface area contributed by atoms with E-state index < -0.39 is 0 Å². The fourth-order valence-corrected chi connectivity index (χ4v) is 6.42. The first-order chi connectivity index (χ1) is 15.6. The van der Waals surface area contributed by atoms with E-state index in [9.17, 15) is 4.79 Å². The highest BCUT2D eigenvalue weighted by molar-refractivity contribution is 5.87. The summed E-state index contributed by atoms with van der Waals surface area (Å²) in [7, 11) is 0. The van der Waals surface area contributed by atoms with E-state index in [0.29, 0.717) is 18.2 Å². The number of carbonyl (C=O) groups is 1. The Kier molecular flexibility index (Phi) is 4.55. The Morgan fingerprint density at radius 2 is 1.91 bits per heavy atom. The molecule has 2 bridgehead atoms. The minimum Gasteiger partial charge on any atom is -0.463 e. The normalized spacial score (nSPS) is 28.9. The smallest absolute Gasteiger partial charge is 0.330 e. The van der Waals surface area contributed by atoms with Crippen LogP contribution in [0.4, 0.5) is 0 Å². The van der Waals surface area contributed by atoms with Crippen LogP contribution in [0.25, 0.3) is 17.0 Å². The van der Waals surface area contributed by atoms with Gasteiger partial charge in [-0.2, -0.15) is 0 Å². The van der Waals surface area contributed by atoms with E-state index in [0.717, 1.165) is 17.9 Å². The summed E-state index contributed by atoms with van der Waals surface area (Å²) in [5, 5.41) is 1.37. The molecule has 0 saturated heterocycles. The van der Waals surface area contributed by atoms with Gasteiger partial charge in [-0.1, -0.05) is 42.5 Å². The first-order valence-electron chi connectivity index (χ1n) is 11.9. The molecule has 3 saturated carbocycles. The van der Waals surface area contributed by atoms with Gasteiger partial charge in [0.2, 0.25) is 0 Å². The van der Waals surface area contributed by atoms with Gasteiger partial charge in [0.1, 0.15) is 0 Å². The molecule has 4 heteroatoms. The molecule has 1 aromatic heterocycles. The number of benzene rings is 2. The van der Waals surface area contributed by atoms with Gasteiger partial charge in [-0.25, -0.2) is 4.79 Å². The van der Waals surface area contributed by atoms with Crippen molar-refractivity contribution >= 4 is 22.9 Å². The average Bonchev–Trinajstić information content (AvgIpc) is 3.09. The Bertz CT molecular complexity index is 1190.